The van der Waals surface area contributed by atoms with Gasteiger partial charge in [-0.3, -0.25) is 4.90 Å². The predicted molar refractivity (Wildman–Crippen MR) is 77.8 cm³/mol. The van der Waals surface area contributed by atoms with Gasteiger partial charge in [0.1, 0.15) is 0 Å². The molecule has 0 amide bonds. The van der Waals surface area contributed by atoms with Gasteiger partial charge >= 0.3 is 0 Å². The summed E-state index contributed by atoms with van der Waals surface area (Å²) in [5.41, 5.74) is 8.99. The maximum absolute atomic E-state index is 5.73. The first-order chi connectivity index (χ1) is 8.25. The van der Waals surface area contributed by atoms with E-state index in [-0.39, 0.29) is 0 Å². The molecule has 1 aliphatic rings. The summed E-state index contributed by atoms with van der Waals surface area (Å²) in [4.78, 5) is 2.52. The quantitative estimate of drug-likeness (QED) is 0.804. The topological polar surface area (TPSA) is 41.3 Å². The van der Waals surface area contributed by atoms with Crippen molar-refractivity contribution in [1.82, 2.24) is 4.90 Å². The zero-order chi connectivity index (χ0) is 12.1. The molecular formula is C13H21N3S. The molecule has 0 spiro atoms. The standard InChI is InChI=1S/C13H21N3S/c1-11-10-12(14)2-3-13(11)15-4-5-16-6-8-17-9-7-16/h2-3,10,15H,4-9,14H2,1H3. The Morgan fingerprint density at radius 2 is 2.12 bits per heavy atom. The van der Waals surface area contributed by atoms with Gasteiger partial charge in [0.15, 0.2) is 0 Å². The van der Waals surface area contributed by atoms with E-state index in [4.69, 9.17) is 5.73 Å². The number of benzene rings is 1. The van der Waals surface area contributed by atoms with Gasteiger partial charge in [-0.1, -0.05) is 0 Å². The Balaban J connectivity index is 1.77. The molecule has 1 heterocycles. The van der Waals surface area contributed by atoms with Gasteiger partial charge < -0.3 is 11.1 Å². The molecule has 94 valence electrons. The van der Waals surface area contributed by atoms with Crippen LogP contribution in [0.4, 0.5) is 11.4 Å². The molecule has 3 nitrogen and oxygen atoms in total. The van der Waals surface area contributed by atoms with Crippen molar-refractivity contribution in [3.05, 3.63) is 23.8 Å². The average molecular weight is 251 g/mol. The Kier molecular flexibility index (Phi) is 4.57. The lowest BCUT2D eigenvalue weighted by Crippen LogP contribution is -2.36. The van der Waals surface area contributed by atoms with Gasteiger partial charge in [0.05, 0.1) is 0 Å². The highest BCUT2D eigenvalue weighted by Crippen LogP contribution is 2.17. The van der Waals surface area contributed by atoms with Crippen LogP contribution < -0.4 is 11.1 Å². The van der Waals surface area contributed by atoms with E-state index in [2.05, 4.69) is 35.0 Å². The molecule has 1 aliphatic heterocycles. The summed E-state index contributed by atoms with van der Waals surface area (Å²) in [6.07, 6.45) is 0. The number of aryl methyl sites for hydroxylation is 1. The van der Waals surface area contributed by atoms with Gasteiger partial charge in [0.25, 0.3) is 0 Å². The number of anilines is 2. The van der Waals surface area contributed by atoms with Crippen LogP contribution in [-0.4, -0.2) is 42.6 Å². The lowest BCUT2D eigenvalue weighted by Gasteiger charge is -2.26. The molecule has 1 aromatic rings. The molecule has 0 radical (unpaired) electrons. The number of nitrogens with one attached hydrogen (secondary N) is 1. The van der Waals surface area contributed by atoms with E-state index in [1.54, 1.807) is 0 Å². The number of nitrogens with zero attached hydrogens (tertiary/aromatic N) is 1. The maximum atomic E-state index is 5.73. The van der Waals surface area contributed by atoms with Crippen LogP contribution in [0, 0.1) is 6.92 Å². The molecule has 1 fully saturated rings. The molecule has 0 bridgehead atoms. The van der Waals surface area contributed by atoms with Crippen molar-refractivity contribution in [3.8, 4) is 0 Å². The minimum absolute atomic E-state index is 0.834. The third kappa shape index (κ3) is 3.82. The summed E-state index contributed by atoms with van der Waals surface area (Å²) in [5.74, 6) is 2.56. The van der Waals surface area contributed by atoms with Crippen molar-refractivity contribution < 1.29 is 0 Å². The fourth-order valence-electron chi connectivity index (χ4n) is 2.06. The van der Waals surface area contributed by atoms with Crippen LogP contribution in [0.3, 0.4) is 0 Å². The molecule has 2 rings (SSSR count). The van der Waals surface area contributed by atoms with Gasteiger partial charge in [-0.15, -0.1) is 0 Å². The predicted octanol–water partition coefficient (Wildman–Crippen LogP) is 2.04. The van der Waals surface area contributed by atoms with E-state index < -0.39 is 0 Å². The van der Waals surface area contributed by atoms with Crippen molar-refractivity contribution in [3.63, 3.8) is 0 Å². The highest BCUT2D eigenvalue weighted by molar-refractivity contribution is 7.99. The number of rotatable bonds is 4. The summed E-state index contributed by atoms with van der Waals surface area (Å²) in [6, 6.07) is 6.03. The number of nitrogen functional groups attached to an aromatic ring is 1. The van der Waals surface area contributed by atoms with Gasteiger partial charge in [0, 0.05) is 49.1 Å². The van der Waals surface area contributed by atoms with Gasteiger partial charge in [-0.05, 0) is 30.7 Å². The highest BCUT2D eigenvalue weighted by Gasteiger charge is 2.09. The van der Waals surface area contributed by atoms with E-state index in [1.807, 2.05) is 12.1 Å². The monoisotopic (exact) mass is 251 g/mol. The third-order valence-corrected chi connectivity index (χ3v) is 4.04. The van der Waals surface area contributed by atoms with Crippen molar-refractivity contribution >= 4 is 23.1 Å². The third-order valence-electron chi connectivity index (χ3n) is 3.10. The Hall–Kier alpha value is -0.870. The lowest BCUT2D eigenvalue weighted by atomic mass is 10.2. The fourth-order valence-corrected chi connectivity index (χ4v) is 3.04. The van der Waals surface area contributed by atoms with Crippen LogP contribution in [0.1, 0.15) is 5.56 Å². The van der Waals surface area contributed by atoms with E-state index in [1.165, 1.54) is 35.8 Å². The number of thioether (sulfide) groups is 1. The zero-order valence-electron chi connectivity index (χ0n) is 10.4. The molecule has 0 saturated carbocycles. The smallest absolute Gasteiger partial charge is 0.0371 e. The van der Waals surface area contributed by atoms with Crippen LogP contribution in [-0.2, 0) is 0 Å². The van der Waals surface area contributed by atoms with Crippen LogP contribution >= 0.6 is 11.8 Å². The Bertz CT molecular complexity index is 362. The first-order valence-corrected chi connectivity index (χ1v) is 7.31. The van der Waals surface area contributed by atoms with Gasteiger partial charge in [-0.2, -0.15) is 11.8 Å². The molecule has 1 saturated heterocycles. The Labute approximate surface area is 108 Å². The maximum Gasteiger partial charge on any atom is 0.0371 e. The minimum atomic E-state index is 0.834. The number of nitrogens with two attached hydrogens (primary N) is 1. The molecule has 17 heavy (non-hydrogen) atoms. The summed E-state index contributed by atoms with van der Waals surface area (Å²) in [7, 11) is 0. The Morgan fingerprint density at radius 1 is 1.35 bits per heavy atom. The van der Waals surface area contributed by atoms with Crippen molar-refractivity contribution in [1.29, 1.82) is 0 Å². The Morgan fingerprint density at radius 3 is 2.82 bits per heavy atom. The molecule has 0 aliphatic carbocycles. The van der Waals surface area contributed by atoms with Crippen LogP contribution in [0.2, 0.25) is 0 Å². The van der Waals surface area contributed by atoms with Crippen molar-refractivity contribution in [2.45, 2.75) is 6.92 Å². The van der Waals surface area contributed by atoms with Crippen LogP contribution in [0.5, 0.6) is 0 Å². The van der Waals surface area contributed by atoms with Crippen molar-refractivity contribution in [2.75, 3.05) is 48.7 Å². The number of hydrogen-bond acceptors (Lipinski definition) is 4. The minimum Gasteiger partial charge on any atom is -0.399 e. The van der Waals surface area contributed by atoms with Gasteiger partial charge in [-0.25, -0.2) is 0 Å². The zero-order valence-corrected chi connectivity index (χ0v) is 11.2. The molecule has 0 aromatic heterocycles. The van der Waals surface area contributed by atoms with E-state index >= 15 is 0 Å². The molecule has 4 heteroatoms. The average Bonchev–Trinajstić information content (AvgIpc) is 2.33. The summed E-state index contributed by atoms with van der Waals surface area (Å²) < 4.78 is 0. The molecule has 1 aromatic carbocycles. The summed E-state index contributed by atoms with van der Waals surface area (Å²) in [6.45, 7) is 6.69. The first kappa shape index (κ1) is 12.6. The molecular weight excluding hydrogens is 230 g/mol. The summed E-state index contributed by atoms with van der Waals surface area (Å²) in [5, 5.41) is 3.48. The van der Waals surface area contributed by atoms with Gasteiger partial charge in [0.2, 0.25) is 0 Å². The first-order valence-electron chi connectivity index (χ1n) is 6.16. The normalized spacial score (nSPS) is 17.0. The van der Waals surface area contributed by atoms with E-state index in [0.29, 0.717) is 0 Å². The second kappa shape index (κ2) is 6.17. The molecule has 0 unspecified atom stereocenters. The van der Waals surface area contributed by atoms with E-state index in [0.717, 1.165) is 18.8 Å². The van der Waals surface area contributed by atoms with Crippen LogP contribution in [0.25, 0.3) is 0 Å². The molecule has 0 atom stereocenters. The van der Waals surface area contributed by atoms with Crippen molar-refractivity contribution in [2.24, 2.45) is 0 Å². The summed E-state index contributed by atoms with van der Waals surface area (Å²) >= 11 is 2.06. The highest BCUT2D eigenvalue weighted by atomic mass is 32.2. The largest absolute Gasteiger partial charge is 0.399 e. The number of hydrogen-bond donors (Lipinski definition) is 2. The SMILES string of the molecule is Cc1cc(N)ccc1NCCN1CCSCC1. The second-order valence-electron chi connectivity index (χ2n) is 4.46. The lowest BCUT2D eigenvalue weighted by molar-refractivity contribution is 0.314. The molecule has 3 N–H and O–H groups in total. The van der Waals surface area contributed by atoms with E-state index in [9.17, 15) is 0 Å². The second-order valence-corrected chi connectivity index (χ2v) is 5.68. The van der Waals surface area contributed by atoms with Crippen LogP contribution in [0.15, 0.2) is 18.2 Å². The fraction of sp³-hybridized carbons (Fsp3) is 0.538.